The first kappa shape index (κ1) is 14.0. The first-order valence-electron chi connectivity index (χ1n) is 7.19. The van der Waals surface area contributed by atoms with Gasteiger partial charge in [0, 0.05) is 6.61 Å². The Bertz CT molecular complexity index is 166. The van der Waals surface area contributed by atoms with Gasteiger partial charge in [-0.1, -0.05) is 27.7 Å². The summed E-state index contributed by atoms with van der Waals surface area (Å²) < 4.78 is 5.95. The van der Waals surface area contributed by atoms with Crippen LogP contribution >= 0.6 is 0 Å². The van der Waals surface area contributed by atoms with Crippen LogP contribution in [0.2, 0.25) is 0 Å². The molecule has 0 aromatic heterocycles. The first-order chi connectivity index (χ1) is 7.58. The molecule has 1 fully saturated rings. The predicted octanol–water partition coefficient (Wildman–Crippen LogP) is 4.65. The predicted molar refractivity (Wildman–Crippen MR) is 70.6 cm³/mol. The van der Waals surface area contributed by atoms with Crippen LogP contribution in [0.1, 0.15) is 66.2 Å². The van der Waals surface area contributed by atoms with Gasteiger partial charge < -0.3 is 4.74 Å². The fourth-order valence-corrected chi connectivity index (χ4v) is 2.67. The summed E-state index contributed by atoms with van der Waals surface area (Å²) in [6, 6.07) is 0. The highest BCUT2D eigenvalue weighted by Gasteiger charge is 2.21. The Morgan fingerprint density at radius 3 is 2.06 bits per heavy atom. The van der Waals surface area contributed by atoms with E-state index in [1.54, 1.807) is 0 Å². The summed E-state index contributed by atoms with van der Waals surface area (Å²) in [5.74, 6) is 2.62. The molecule has 0 aromatic carbocycles. The van der Waals surface area contributed by atoms with E-state index in [0.29, 0.717) is 6.10 Å². The molecule has 0 atom stereocenters. The van der Waals surface area contributed by atoms with Crippen molar-refractivity contribution in [2.45, 2.75) is 72.3 Å². The minimum Gasteiger partial charge on any atom is -0.378 e. The zero-order chi connectivity index (χ0) is 12.0. The second-order valence-electron chi connectivity index (χ2n) is 6.33. The zero-order valence-electron chi connectivity index (χ0n) is 11.7. The summed E-state index contributed by atoms with van der Waals surface area (Å²) in [5.41, 5.74) is 0. The molecule has 0 bridgehead atoms. The van der Waals surface area contributed by atoms with E-state index in [9.17, 15) is 0 Å². The molecule has 1 aliphatic carbocycles. The molecule has 0 heterocycles. The van der Waals surface area contributed by atoms with Crippen molar-refractivity contribution >= 4 is 0 Å². The Hall–Kier alpha value is -0.0400. The van der Waals surface area contributed by atoms with Crippen LogP contribution in [0.5, 0.6) is 0 Å². The molecule has 1 nitrogen and oxygen atoms in total. The van der Waals surface area contributed by atoms with E-state index >= 15 is 0 Å². The minimum atomic E-state index is 0.571. The second kappa shape index (κ2) is 7.32. The highest BCUT2D eigenvalue weighted by molar-refractivity contribution is 4.73. The number of ether oxygens (including phenoxy) is 1. The van der Waals surface area contributed by atoms with Crippen molar-refractivity contribution in [1.29, 1.82) is 0 Å². The van der Waals surface area contributed by atoms with Crippen molar-refractivity contribution in [3.8, 4) is 0 Å². The third kappa shape index (κ3) is 5.89. The summed E-state index contributed by atoms with van der Waals surface area (Å²) in [5, 5.41) is 0. The van der Waals surface area contributed by atoms with Gasteiger partial charge in [0.25, 0.3) is 0 Å². The maximum atomic E-state index is 5.95. The summed E-state index contributed by atoms with van der Waals surface area (Å²) >= 11 is 0. The summed E-state index contributed by atoms with van der Waals surface area (Å²) in [4.78, 5) is 0. The van der Waals surface area contributed by atoms with Crippen LogP contribution in [-0.4, -0.2) is 12.7 Å². The molecule has 96 valence electrons. The molecule has 1 rings (SSSR count). The Kier molecular flexibility index (Phi) is 6.41. The number of hydrogen-bond donors (Lipinski definition) is 0. The van der Waals surface area contributed by atoms with E-state index in [1.807, 2.05) is 0 Å². The van der Waals surface area contributed by atoms with Gasteiger partial charge in [-0.3, -0.25) is 0 Å². The zero-order valence-corrected chi connectivity index (χ0v) is 11.7. The summed E-state index contributed by atoms with van der Waals surface area (Å²) in [7, 11) is 0. The van der Waals surface area contributed by atoms with E-state index in [-0.39, 0.29) is 0 Å². The van der Waals surface area contributed by atoms with Crippen LogP contribution < -0.4 is 0 Å². The normalized spacial score (nSPS) is 26.6. The van der Waals surface area contributed by atoms with Crippen LogP contribution in [0.25, 0.3) is 0 Å². The molecule has 16 heavy (non-hydrogen) atoms. The van der Waals surface area contributed by atoms with E-state index in [1.165, 1.54) is 38.5 Å². The van der Waals surface area contributed by atoms with Gasteiger partial charge in [0.05, 0.1) is 6.10 Å². The Morgan fingerprint density at radius 2 is 1.56 bits per heavy atom. The molecule has 0 aliphatic heterocycles. The second-order valence-corrected chi connectivity index (χ2v) is 6.33. The van der Waals surface area contributed by atoms with Gasteiger partial charge in [-0.2, -0.15) is 0 Å². The number of rotatable bonds is 6. The lowest BCUT2D eigenvalue weighted by Gasteiger charge is -2.29. The number of hydrogen-bond acceptors (Lipinski definition) is 1. The summed E-state index contributed by atoms with van der Waals surface area (Å²) in [6.45, 7) is 10.2. The smallest absolute Gasteiger partial charge is 0.0575 e. The molecular weight excluding hydrogens is 196 g/mol. The van der Waals surface area contributed by atoms with Gasteiger partial charge in [0.1, 0.15) is 0 Å². The lowest BCUT2D eigenvalue weighted by Crippen LogP contribution is -2.23. The molecule has 0 saturated heterocycles. The maximum absolute atomic E-state index is 5.95. The van der Waals surface area contributed by atoms with Crippen LogP contribution in [0, 0.1) is 17.8 Å². The van der Waals surface area contributed by atoms with Gasteiger partial charge in [0.2, 0.25) is 0 Å². The standard InChI is InChI=1S/C15H30O/c1-12(2)9-10-16-15-7-5-14(6-8-15)11-13(3)4/h12-15H,5-11H2,1-4H3. The third-order valence-electron chi connectivity index (χ3n) is 3.65. The van der Waals surface area contributed by atoms with E-state index in [4.69, 9.17) is 4.74 Å². The lowest BCUT2D eigenvalue weighted by atomic mass is 9.82. The molecular formula is C15H30O. The van der Waals surface area contributed by atoms with Crippen molar-refractivity contribution in [2.24, 2.45) is 17.8 Å². The highest BCUT2D eigenvalue weighted by Crippen LogP contribution is 2.30. The van der Waals surface area contributed by atoms with E-state index in [0.717, 1.165) is 24.4 Å². The third-order valence-corrected chi connectivity index (χ3v) is 3.65. The van der Waals surface area contributed by atoms with E-state index < -0.39 is 0 Å². The summed E-state index contributed by atoms with van der Waals surface area (Å²) in [6.07, 6.45) is 8.59. The molecule has 0 radical (unpaired) electrons. The van der Waals surface area contributed by atoms with Crippen molar-refractivity contribution in [3.05, 3.63) is 0 Å². The molecule has 0 spiro atoms. The molecule has 1 saturated carbocycles. The molecule has 0 aromatic rings. The molecule has 0 N–H and O–H groups in total. The lowest BCUT2D eigenvalue weighted by molar-refractivity contribution is 0.0112. The van der Waals surface area contributed by atoms with Gasteiger partial charge in [0.15, 0.2) is 0 Å². The van der Waals surface area contributed by atoms with Crippen molar-refractivity contribution < 1.29 is 4.74 Å². The molecule has 1 heteroatoms. The van der Waals surface area contributed by atoms with Crippen LogP contribution in [0.15, 0.2) is 0 Å². The Labute approximate surface area is 102 Å². The largest absolute Gasteiger partial charge is 0.378 e. The van der Waals surface area contributed by atoms with Gasteiger partial charge in [-0.05, 0) is 56.3 Å². The molecule has 0 unspecified atom stereocenters. The average Bonchev–Trinajstić information content (AvgIpc) is 2.19. The van der Waals surface area contributed by atoms with Gasteiger partial charge in [-0.15, -0.1) is 0 Å². The SMILES string of the molecule is CC(C)CCOC1CCC(CC(C)C)CC1. The first-order valence-corrected chi connectivity index (χ1v) is 7.19. The quantitative estimate of drug-likeness (QED) is 0.640. The fourth-order valence-electron chi connectivity index (χ4n) is 2.67. The van der Waals surface area contributed by atoms with Crippen molar-refractivity contribution in [2.75, 3.05) is 6.61 Å². The van der Waals surface area contributed by atoms with Crippen LogP contribution in [0.3, 0.4) is 0 Å². The minimum absolute atomic E-state index is 0.571. The van der Waals surface area contributed by atoms with Gasteiger partial charge in [-0.25, -0.2) is 0 Å². The monoisotopic (exact) mass is 226 g/mol. The maximum Gasteiger partial charge on any atom is 0.0575 e. The van der Waals surface area contributed by atoms with Crippen LogP contribution in [0.4, 0.5) is 0 Å². The fraction of sp³-hybridized carbons (Fsp3) is 1.00. The average molecular weight is 226 g/mol. The van der Waals surface area contributed by atoms with Crippen molar-refractivity contribution in [3.63, 3.8) is 0 Å². The Balaban J connectivity index is 2.07. The molecule has 0 amide bonds. The van der Waals surface area contributed by atoms with Gasteiger partial charge >= 0.3 is 0 Å². The van der Waals surface area contributed by atoms with Crippen molar-refractivity contribution in [1.82, 2.24) is 0 Å². The topological polar surface area (TPSA) is 9.23 Å². The van der Waals surface area contributed by atoms with E-state index in [2.05, 4.69) is 27.7 Å². The highest BCUT2D eigenvalue weighted by atomic mass is 16.5. The Morgan fingerprint density at radius 1 is 0.938 bits per heavy atom. The van der Waals surface area contributed by atoms with Crippen LogP contribution in [-0.2, 0) is 4.74 Å². The molecule has 1 aliphatic rings.